The van der Waals surface area contributed by atoms with Crippen LogP contribution in [0.5, 0.6) is 0 Å². The highest BCUT2D eigenvalue weighted by molar-refractivity contribution is 7.15. The van der Waals surface area contributed by atoms with Gasteiger partial charge in [0.1, 0.15) is 0 Å². The smallest absolute Gasteiger partial charge is 0.190 e. The van der Waals surface area contributed by atoms with Crippen LogP contribution in [0.2, 0.25) is 0 Å². The van der Waals surface area contributed by atoms with Gasteiger partial charge >= 0.3 is 0 Å². The number of nitrogens with two attached hydrogens (primary N) is 1. The van der Waals surface area contributed by atoms with Gasteiger partial charge in [0.15, 0.2) is 5.13 Å². The molecule has 0 saturated carbocycles. The molecule has 0 bridgehead atoms. The van der Waals surface area contributed by atoms with Crippen molar-refractivity contribution < 1.29 is 0 Å². The summed E-state index contributed by atoms with van der Waals surface area (Å²) in [5, 5.41) is 1.00. The van der Waals surface area contributed by atoms with Crippen molar-refractivity contribution in [2.24, 2.45) is 5.73 Å². The van der Waals surface area contributed by atoms with E-state index in [4.69, 9.17) is 10.7 Å². The van der Waals surface area contributed by atoms with Gasteiger partial charge in [-0.3, -0.25) is 0 Å². The van der Waals surface area contributed by atoms with Crippen LogP contribution in [0, 0.1) is 0 Å². The molecule has 2 N–H and O–H groups in total. The number of benzene rings is 1. The molecule has 3 nitrogen and oxygen atoms in total. The fraction of sp³-hybridized carbons (Fsp3) is 0.357. The zero-order valence-corrected chi connectivity index (χ0v) is 11.9. The fourth-order valence-electron chi connectivity index (χ4n) is 1.85. The lowest BCUT2D eigenvalue weighted by molar-refractivity contribution is 0.811. The molecule has 0 aliphatic rings. The monoisotopic (exact) mass is 261 g/mol. The van der Waals surface area contributed by atoms with Crippen molar-refractivity contribution in [3.05, 3.63) is 40.9 Å². The Morgan fingerprint density at radius 3 is 2.44 bits per heavy atom. The minimum Gasteiger partial charge on any atom is -0.326 e. The first kappa shape index (κ1) is 13.1. The summed E-state index contributed by atoms with van der Waals surface area (Å²) in [6, 6.07) is 10.3. The lowest BCUT2D eigenvalue weighted by Gasteiger charge is -2.15. The van der Waals surface area contributed by atoms with Crippen LogP contribution in [0.1, 0.15) is 30.3 Å². The summed E-state index contributed by atoms with van der Waals surface area (Å²) in [6.45, 7) is 4.87. The Labute approximate surface area is 112 Å². The van der Waals surface area contributed by atoms with Gasteiger partial charge < -0.3 is 10.6 Å². The van der Waals surface area contributed by atoms with Gasteiger partial charge in [-0.25, -0.2) is 4.98 Å². The lowest BCUT2D eigenvalue weighted by Crippen LogP contribution is -2.08. The second kappa shape index (κ2) is 5.50. The van der Waals surface area contributed by atoms with E-state index < -0.39 is 0 Å². The molecule has 0 radical (unpaired) electrons. The number of aromatic nitrogens is 1. The number of para-hydroxylation sites is 1. The van der Waals surface area contributed by atoms with Gasteiger partial charge in [0.05, 0.1) is 5.69 Å². The SMILES string of the molecule is CC(C)c1nc(N(C)c2ccccc2)sc1CN. The summed E-state index contributed by atoms with van der Waals surface area (Å²) in [5.41, 5.74) is 8.06. The van der Waals surface area contributed by atoms with Gasteiger partial charge in [-0.15, -0.1) is 0 Å². The molecule has 1 heterocycles. The Kier molecular flexibility index (Phi) is 3.99. The molecule has 0 unspecified atom stereocenters. The largest absolute Gasteiger partial charge is 0.326 e. The molecule has 4 heteroatoms. The summed E-state index contributed by atoms with van der Waals surface area (Å²) in [4.78, 5) is 8.01. The normalized spacial score (nSPS) is 10.9. The zero-order valence-electron chi connectivity index (χ0n) is 11.1. The number of nitrogens with zero attached hydrogens (tertiary/aromatic N) is 2. The van der Waals surface area contributed by atoms with Crippen LogP contribution in [-0.2, 0) is 6.54 Å². The first-order valence-corrected chi connectivity index (χ1v) is 6.93. The number of hydrogen-bond acceptors (Lipinski definition) is 4. The molecular weight excluding hydrogens is 242 g/mol. The van der Waals surface area contributed by atoms with Crippen molar-refractivity contribution in [1.29, 1.82) is 0 Å². The van der Waals surface area contributed by atoms with Gasteiger partial charge in [-0.2, -0.15) is 0 Å². The quantitative estimate of drug-likeness (QED) is 0.916. The van der Waals surface area contributed by atoms with Crippen molar-refractivity contribution in [3.8, 4) is 0 Å². The third-order valence-corrected chi connectivity index (χ3v) is 4.05. The minimum atomic E-state index is 0.415. The van der Waals surface area contributed by atoms with Crippen molar-refractivity contribution in [2.45, 2.75) is 26.3 Å². The Morgan fingerprint density at radius 1 is 1.28 bits per heavy atom. The summed E-state index contributed by atoms with van der Waals surface area (Å²) in [6.07, 6.45) is 0. The van der Waals surface area contributed by atoms with E-state index in [1.54, 1.807) is 11.3 Å². The molecule has 1 aromatic heterocycles. The van der Waals surface area contributed by atoms with Crippen LogP contribution >= 0.6 is 11.3 Å². The zero-order chi connectivity index (χ0) is 13.1. The molecular formula is C14H19N3S. The molecule has 0 aliphatic heterocycles. The number of thiazole rings is 1. The molecule has 0 fully saturated rings. The Hall–Kier alpha value is -1.39. The highest BCUT2D eigenvalue weighted by Crippen LogP contribution is 2.33. The molecule has 0 spiro atoms. The third kappa shape index (κ3) is 2.54. The maximum absolute atomic E-state index is 5.79. The number of rotatable bonds is 4. The Morgan fingerprint density at radius 2 is 1.94 bits per heavy atom. The number of hydrogen-bond donors (Lipinski definition) is 1. The number of anilines is 2. The van der Waals surface area contributed by atoms with Crippen LogP contribution in [0.4, 0.5) is 10.8 Å². The molecule has 0 amide bonds. The van der Waals surface area contributed by atoms with E-state index in [-0.39, 0.29) is 0 Å². The van der Waals surface area contributed by atoms with E-state index in [2.05, 4.69) is 30.9 Å². The average molecular weight is 261 g/mol. The molecule has 2 aromatic rings. The van der Waals surface area contributed by atoms with Crippen LogP contribution in [0.15, 0.2) is 30.3 Å². The second-order valence-electron chi connectivity index (χ2n) is 4.56. The summed E-state index contributed by atoms with van der Waals surface area (Å²) in [7, 11) is 2.04. The minimum absolute atomic E-state index is 0.415. The predicted octanol–water partition coefficient (Wildman–Crippen LogP) is 3.49. The summed E-state index contributed by atoms with van der Waals surface area (Å²) in [5.74, 6) is 0.415. The topological polar surface area (TPSA) is 42.2 Å². The van der Waals surface area contributed by atoms with Crippen molar-refractivity contribution in [1.82, 2.24) is 4.98 Å². The standard InChI is InChI=1S/C14H19N3S/c1-10(2)13-12(9-15)18-14(16-13)17(3)11-7-5-4-6-8-11/h4-8,10H,9,15H2,1-3H3. The first-order chi connectivity index (χ1) is 8.63. The Balaban J connectivity index is 2.34. The maximum Gasteiger partial charge on any atom is 0.190 e. The van der Waals surface area contributed by atoms with Gasteiger partial charge in [-0.05, 0) is 18.1 Å². The van der Waals surface area contributed by atoms with Crippen molar-refractivity contribution in [3.63, 3.8) is 0 Å². The lowest BCUT2D eigenvalue weighted by atomic mass is 10.1. The van der Waals surface area contributed by atoms with Crippen LogP contribution in [0.25, 0.3) is 0 Å². The van der Waals surface area contributed by atoms with Gasteiger partial charge in [0.25, 0.3) is 0 Å². The summed E-state index contributed by atoms with van der Waals surface area (Å²) < 4.78 is 0. The summed E-state index contributed by atoms with van der Waals surface area (Å²) >= 11 is 1.68. The van der Waals surface area contributed by atoms with Gasteiger partial charge in [-0.1, -0.05) is 43.4 Å². The maximum atomic E-state index is 5.79. The second-order valence-corrected chi connectivity index (χ2v) is 5.62. The van der Waals surface area contributed by atoms with Gasteiger partial charge in [0.2, 0.25) is 0 Å². The molecule has 0 atom stereocenters. The van der Waals surface area contributed by atoms with E-state index in [1.807, 2.05) is 25.2 Å². The van der Waals surface area contributed by atoms with Crippen LogP contribution < -0.4 is 10.6 Å². The molecule has 96 valence electrons. The average Bonchev–Trinajstić information content (AvgIpc) is 2.83. The fourth-order valence-corrected chi connectivity index (χ4v) is 2.93. The van der Waals surface area contributed by atoms with E-state index in [0.717, 1.165) is 16.5 Å². The first-order valence-electron chi connectivity index (χ1n) is 6.12. The molecule has 0 saturated heterocycles. The van der Waals surface area contributed by atoms with E-state index in [9.17, 15) is 0 Å². The van der Waals surface area contributed by atoms with E-state index in [0.29, 0.717) is 12.5 Å². The van der Waals surface area contributed by atoms with Gasteiger partial charge in [0, 0.05) is 24.2 Å². The highest BCUT2D eigenvalue weighted by atomic mass is 32.1. The van der Waals surface area contributed by atoms with E-state index in [1.165, 1.54) is 4.88 Å². The molecule has 2 rings (SSSR count). The highest BCUT2D eigenvalue weighted by Gasteiger charge is 2.16. The van der Waals surface area contributed by atoms with Crippen molar-refractivity contribution >= 4 is 22.2 Å². The van der Waals surface area contributed by atoms with E-state index >= 15 is 0 Å². The third-order valence-electron chi connectivity index (χ3n) is 2.88. The predicted molar refractivity (Wildman–Crippen MR) is 78.6 cm³/mol. The Bertz CT molecular complexity index is 505. The van der Waals surface area contributed by atoms with Crippen LogP contribution in [0.3, 0.4) is 0 Å². The van der Waals surface area contributed by atoms with Crippen molar-refractivity contribution in [2.75, 3.05) is 11.9 Å². The molecule has 18 heavy (non-hydrogen) atoms. The molecule has 0 aliphatic carbocycles. The van der Waals surface area contributed by atoms with Crippen LogP contribution in [-0.4, -0.2) is 12.0 Å². The molecule has 1 aromatic carbocycles.